The smallest absolute Gasteiger partial charge is 0.211 e. The zero-order valence-electron chi connectivity index (χ0n) is 12.6. The lowest BCUT2D eigenvalue weighted by atomic mass is 10.00. The minimum Gasteiger partial charge on any atom is -0.317 e. The third-order valence-electron chi connectivity index (χ3n) is 4.38. The molecule has 2 aliphatic rings. The highest BCUT2D eigenvalue weighted by Crippen LogP contribution is 2.27. The fourth-order valence-electron chi connectivity index (χ4n) is 3.36. The summed E-state index contributed by atoms with van der Waals surface area (Å²) in [4.78, 5) is 2.46. The number of hydrogen-bond acceptors (Lipinski definition) is 4. The summed E-state index contributed by atoms with van der Waals surface area (Å²) < 4.78 is 27.2. The van der Waals surface area contributed by atoms with Crippen LogP contribution in [-0.2, 0) is 10.0 Å². The normalized spacial score (nSPS) is 27.6. The second-order valence-electron chi connectivity index (χ2n) is 6.03. The van der Waals surface area contributed by atoms with Crippen molar-refractivity contribution in [2.75, 3.05) is 31.9 Å². The summed E-state index contributed by atoms with van der Waals surface area (Å²) in [5.41, 5.74) is 0. The Morgan fingerprint density at radius 1 is 1.15 bits per heavy atom. The number of rotatable bonds is 8. The lowest BCUT2D eigenvalue weighted by Gasteiger charge is -2.32. The molecule has 0 aromatic heterocycles. The Labute approximate surface area is 123 Å². The molecule has 2 saturated heterocycles. The van der Waals surface area contributed by atoms with Gasteiger partial charge in [-0.15, -0.1) is 0 Å². The SMILES string of the molecule is CCCNCCCS(=O)(=O)NC1CCN2CCCCC12. The van der Waals surface area contributed by atoms with Crippen LogP contribution in [-0.4, -0.2) is 57.3 Å². The first-order chi connectivity index (χ1) is 9.62. The molecule has 2 unspecified atom stereocenters. The maximum atomic E-state index is 12.1. The highest BCUT2D eigenvalue weighted by Gasteiger charge is 2.37. The second-order valence-corrected chi connectivity index (χ2v) is 7.91. The molecule has 0 bridgehead atoms. The van der Waals surface area contributed by atoms with Gasteiger partial charge in [-0.2, -0.15) is 0 Å². The molecule has 2 atom stereocenters. The summed E-state index contributed by atoms with van der Waals surface area (Å²) in [6.07, 6.45) is 6.39. The molecule has 0 radical (unpaired) electrons. The fraction of sp³-hybridized carbons (Fsp3) is 1.00. The number of hydrogen-bond donors (Lipinski definition) is 2. The van der Waals surface area contributed by atoms with Crippen LogP contribution in [0.5, 0.6) is 0 Å². The van der Waals surface area contributed by atoms with Gasteiger partial charge in [0, 0.05) is 18.6 Å². The van der Waals surface area contributed by atoms with Crippen LogP contribution in [0.2, 0.25) is 0 Å². The van der Waals surface area contributed by atoms with Crippen LogP contribution >= 0.6 is 0 Å². The molecule has 5 nitrogen and oxygen atoms in total. The maximum absolute atomic E-state index is 12.1. The first-order valence-electron chi connectivity index (χ1n) is 8.07. The van der Waals surface area contributed by atoms with Gasteiger partial charge < -0.3 is 5.32 Å². The van der Waals surface area contributed by atoms with Crippen LogP contribution < -0.4 is 10.0 Å². The Morgan fingerprint density at radius 3 is 2.80 bits per heavy atom. The molecule has 2 heterocycles. The number of nitrogens with zero attached hydrogens (tertiary/aromatic N) is 1. The lowest BCUT2D eigenvalue weighted by molar-refractivity contribution is 0.186. The van der Waals surface area contributed by atoms with Gasteiger partial charge in [0.25, 0.3) is 0 Å². The summed E-state index contributed by atoms with van der Waals surface area (Å²) in [5, 5.41) is 3.25. The number of sulfonamides is 1. The van der Waals surface area contributed by atoms with Crippen molar-refractivity contribution in [2.24, 2.45) is 0 Å². The predicted molar refractivity (Wildman–Crippen MR) is 82.3 cm³/mol. The summed E-state index contributed by atoms with van der Waals surface area (Å²) in [5.74, 6) is 0.243. The Morgan fingerprint density at radius 2 is 2.00 bits per heavy atom. The summed E-state index contributed by atoms with van der Waals surface area (Å²) in [7, 11) is -3.12. The van der Waals surface area contributed by atoms with Gasteiger partial charge in [0.2, 0.25) is 10.0 Å². The highest BCUT2D eigenvalue weighted by molar-refractivity contribution is 7.89. The zero-order valence-corrected chi connectivity index (χ0v) is 13.4. The van der Waals surface area contributed by atoms with Crippen molar-refractivity contribution in [2.45, 2.75) is 57.5 Å². The number of piperidine rings is 1. The Balaban J connectivity index is 1.74. The van der Waals surface area contributed by atoms with Gasteiger partial charge in [-0.1, -0.05) is 13.3 Å². The molecule has 2 fully saturated rings. The van der Waals surface area contributed by atoms with Crippen molar-refractivity contribution < 1.29 is 8.42 Å². The van der Waals surface area contributed by atoms with E-state index in [0.29, 0.717) is 12.5 Å². The molecule has 6 heteroatoms. The van der Waals surface area contributed by atoms with Crippen molar-refractivity contribution in [1.29, 1.82) is 0 Å². The van der Waals surface area contributed by atoms with E-state index in [4.69, 9.17) is 0 Å². The van der Waals surface area contributed by atoms with E-state index < -0.39 is 10.0 Å². The van der Waals surface area contributed by atoms with Crippen molar-refractivity contribution in [3.05, 3.63) is 0 Å². The topological polar surface area (TPSA) is 61.4 Å². The van der Waals surface area contributed by atoms with Crippen LogP contribution in [0.3, 0.4) is 0 Å². The van der Waals surface area contributed by atoms with Gasteiger partial charge in [-0.3, -0.25) is 4.90 Å². The minimum absolute atomic E-state index is 0.143. The Kier molecular flexibility index (Phi) is 6.26. The van der Waals surface area contributed by atoms with E-state index in [9.17, 15) is 8.42 Å². The van der Waals surface area contributed by atoms with Crippen LogP contribution in [0.1, 0.15) is 45.4 Å². The third kappa shape index (κ3) is 4.69. The van der Waals surface area contributed by atoms with Gasteiger partial charge in [0.15, 0.2) is 0 Å². The van der Waals surface area contributed by atoms with E-state index in [1.807, 2.05) is 0 Å². The molecule has 20 heavy (non-hydrogen) atoms. The molecule has 2 rings (SSSR count). The first-order valence-corrected chi connectivity index (χ1v) is 9.72. The monoisotopic (exact) mass is 303 g/mol. The van der Waals surface area contributed by atoms with Crippen molar-refractivity contribution in [3.8, 4) is 0 Å². The van der Waals surface area contributed by atoms with Gasteiger partial charge in [-0.05, 0) is 51.7 Å². The molecule has 0 spiro atoms. The first kappa shape index (κ1) is 16.2. The van der Waals surface area contributed by atoms with Crippen LogP contribution in [0.4, 0.5) is 0 Å². The average Bonchev–Trinajstić information content (AvgIpc) is 2.81. The third-order valence-corrected chi connectivity index (χ3v) is 5.87. The highest BCUT2D eigenvalue weighted by atomic mass is 32.2. The molecule has 0 saturated carbocycles. The molecule has 0 amide bonds. The van der Waals surface area contributed by atoms with Crippen molar-refractivity contribution in [1.82, 2.24) is 14.9 Å². The molecular formula is C14H29N3O2S. The predicted octanol–water partition coefficient (Wildman–Crippen LogP) is 0.922. The number of fused-ring (bicyclic) bond motifs is 1. The molecule has 0 aromatic rings. The lowest BCUT2D eigenvalue weighted by Crippen LogP contribution is -2.47. The van der Waals surface area contributed by atoms with Crippen molar-refractivity contribution >= 4 is 10.0 Å². The van der Waals surface area contributed by atoms with E-state index in [-0.39, 0.29) is 11.8 Å². The quantitative estimate of drug-likeness (QED) is 0.655. The molecule has 0 aliphatic carbocycles. The van der Waals surface area contributed by atoms with Crippen LogP contribution in [0.15, 0.2) is 0 Å². The molecule has 2 aliphatic heterocycles. The summed E-state index contributed by atoms with van der Waals surface area (Å²) in [6, 6.07) is 0.584. The van der Waals surface area contributed by atoms with E-state index in [2.05, 4.69) is 21.9 Å². The maximum Gasteiger partial charge on any atom is 0.211 e. The van der Waals surface area contributed by atoms with Crippen molar-refractivity contribution in [3.63, 3.8) is 0 Å². The van der Waals surface area contributed by atoms with Gasteiger partial charge >= 0.3 is 0 Å². The van der Waals surface area contributed by atoms with Gasteiger partial charge in [0.05, 0.1) is 5.75 Å². The van der Waals surface area contributed by atoms with E-state index >= 15 is 0 Å². The van der Waals surface area contributed by atoms with Crippen LogP contribution in [0, 0.1) is 0 Å². The Bertz CT molecular complexity index is 386. The second kappa shape index (κ2) is 7.73. The molecule has 2 N–H and O–H groups in total. The van der Waals surface area contributed by atoms with Gasteiger partial charge in [-0.25, -0.2) is 13.1 Å². The van der Waals surface area contributed by atoms with Gasteiger partial charge in [0.1, 0.15) is 0 Å². The largest absolute Gasteiger partial charge is 0.317 e. The summed E-state index contributed by atoms with van der Waals surface area (Å²) in [6.45, 7) is 6.06. The van der Waals surface area contributed by atoms with E-state index in [1.165, 1.54) is 12.8 Å². The molecule has 0 aromatic carbocycles. The van der Waals surface area contributed by atoms with E-state index in [1.54, 1.807) is 0 Å². The number of nitrogens with one attached hydrogen (secondary N) is 2. The minimum atomic E-state index is -3.12. The molecular weight excluding hydrogens is 274 g/mol. The fourth-order valence-corrected chi connectivity index (χ4v) is 4.74. The Hall–Kier alpha value is -0.170. The average molecular weight is 303 g/mol. The zero-order chi connectivity index (χ0) is 14.4. The standard InChI is InChI=1S/C14H29N3O2S/c1-2-8-15-9-5-12-20(18,19)16-13-7-11-17-10-4-3-6-14(13)17/h13-16H,2-12H2,1H3. The van der Waals surface area contributed by atoms with E-state index in [0.717, 1.165) is 45.4 Å². The molecule has 118 valence electrons. The summed E-state index contributed by atoms with van der Waals surface area (Å²) >= 11 is 0. The van der Waals surface area contributed by atoms with Crippen LogP contribution in [0.25, 0.3) is 0 Å².